The number of methoxy groups -OCH3 is 2. The third-order valence-electron chi connectivity index (χ3n) is 3.00. The first-order valence-electron chi connectivity index (χ1n) is 7.07. The van der Waals surface area contributed by atoms with Gasteiger partial charge in [-0.25, -0.2) is 31.6 Å². The molecular formula is C14H16ClNO8S4. The van der Waals surface area contributed by atoms with E-state index in [1.165, 1.54) is 26.4 Å². The second-order valence-electron chi connectivity index (χ2n) is 5.13. The van der Waals surface area contributed by atoms with Crippen molar-refractivity contribution in [2.24, 2.45) is 5.14 Å². The monoisotopic (exact) mass is 489 g/mol. The highest BCUT2D eigenvalue weighted by Crippen LogP contribution is 2.29. The molecule has 156 valence electrons. The number of carbonyl (C=O) groups excluding carboxylic acids is 2. The van der Waals surface area contributed by atoms with Crippen LogP contribution in [0.3, 0.4) is 0 Å². The number of rotatable bonds is 4. The van der Waals surface area contributed by atoms with E-state index >= 15 is 0 Å². The zero-order valence-corrected chi connectivity index (χ0v) is 19.0. The van der Waals surface area contributed by atoms with Crippen molar-refractivity contribution in [2.75, 3.05) is 14.2 Å². The van der Waals surface area contributed by atoms with Crippen LogP contribution in [0.2, 0.25) is 0 Å². The normalized spacial score (nSPS) is 11.4. The zero-order valence-electron chi connectivity index (χ0n) is 15.0. The number of halogens is 1. The van der Waals surface area contributed by atoms with Gasteiger partial charge in [0.25, 0.3) is 9.05 Å². The van der Waals surface area contributed by atoms with Crippen molar-refractivity contribution in [3.8, 4) is 0 Å². The van der Waals surface area contributed by atoms with Gasteiger partial charge in [-0.05, 0) is 37.1 Å². The minimum atomic E-state index is -3.77. The third kappa shape index (κ3) is 6.25. The highest BCUT2D eigenvalue weighted by Gasteiger charge is 2.21. The fourth-order valence-electron chi connectivity index (χ4n) is 1.86. The summed E-state index contributed by atoms with van der Waals surface area (Å²) >= 11 is 1.62. The number of carbonyl (C=O) groups is 2. The van der Waals surface area contributed by atoms with Crippen LogP contribution in [0.1, 0.15) is 30.5 Å². The second kappa shape index (κ2) is 9.33. The van der Waals surface area contributed by atoms with Gasteiger partial charge in [0.2, 0.25) is 10.0 Å². The predicted molar refractivity (Wildman–Crippen MR) is 105 cm³/mol. The number of hydrogen-bond acceptors (Lipinski definition) is 10. The lowest BCUT2D eigenvalue weighted by molar-refractivity contribution is 0.0597. The van der Waals surface area contributed by atoms with Gasteiger partial charge < -0.3 is 9.47 Å². The summed E-state index contributed by atoms with van der Waals surface area (Å²) in [7, 11) is 0.0991. The molecule has 0 radical (unpaired) electrons. The number of thiophene rings is 2. The van der Waals surface area contributed by atoms with E-state index in [9.17, 15) is 26.4 Å². The molecule has 2 N–H and O–H groups in total. The maximum Gasteiger partial charge on any atom is 0.348 e. The quantitative estimate of drug-likeness (QED) is 0.508. The van der Waals surface area contributed by atoms with Gasteiger partial charge in [0, 0.05) is 10.7 Å². The summed E-state index contributed by atoms with van der Waals surface area (Å²) in [5.41, 5.74) is 0.906. The van der Waals surface area contributed by atoms with Crippen LogP contribution in [0.25, 0.3) is 0 Å². The van der Waals surface area contributed by atoms with Crippen molar-refractivity contribution < 1.29 is 35.9 Å². The van der Waals surface area contributed by atoms with Gasteiger partial charge in [-0.15, -0.1) is 22.7 Å². The number of sulfonamides is 1. The molecule has 2 aromatic rings. The minimum Gasteiger partial charge on any atom is -0.465 e. The largest absolute Gasteiger partial charge is 0.465 e. The van der Waals surface area contributed by atoms with E-state index in [2.05, 4.69) is 9.47 Å². The van der Waals surface area contributed by atoms with E-state index in [4.69, 9.17) is 15.8 Å². The zero-order chi connectivity index (χ0) is 21.9. The molecule has 2 rings (SSSR count). The van der Waals surface area contributed by atoms with E-state index in [-0.39, 0.29) is 18.2 Å². The first kappa shape index (κ1) is 24.5. The molecular weight excluding hydrogens is 474 g/mol. The maximum absolute atomic E-state index is 11.1. The number of aryl methyl sites for hydroxylation is 2. The van der Waals surface area contributed by atoms with Gasteiger partial charge >= 0.3 is 11.9 Å². The Balaban J connectivity index is 0.000000280. The van der Waals surface area contributed by atoms with E-state index in [0.29, 0.717) is 11.1 Å². The van der Waals surface area contributed by atoms with Crippen LogP contribution >= 0.6 is 33.4 Å². The van der Waals surface area contributed by atoms with Crippen LogP contribution in [-0.2, 0) is 28.5 Å². The summed E-state index contributed by atoms with van der Waals surface area (Å²) in [4.78, 5) is 22.6. The molecule has 0 atom stereocenters. The Labute approximate surface area is 174 Å². The topological polar surface area (TPSA) is 147 Å². The summed E-state index contributed by atoms with van der Waals surface area (Å²) in [5.74, 6) is -1.13. The molecule has 0 aliphatic heterocycles. The van der Waals surface area contributed by atoms with Crippen molar-refractivity contribution in [1.29, 1.82) is 0 Å². The van der Waals surface area contributed by atoms with Crippen LogP contribution in [0.4, 0.5) is 0 Å². The molecule has 0 spiro atoms. The Morgan fingerprint density at radius 3 is 1.50 bits per heavy atom. The molecule has 0 fully saturated rings. The lowest BCUT2D eigenvalue weighted by Crippen LogP contribution is -2.11. The summed E-state index contributed by atoms with van der Waals surface area (Å²) in [5, 5.41) is 4.94. The minimum absolute atomic E-state index is 0.00194. The molecule has 0 aliphatic carbocycles. The van der Waals surface area contributed by atoms with Crippen molar-refractivity contribution in [1.82, 2.24) is 0 Å². The smallest absolute Gasteiger partial charge is 0.348 e. The molecule has 0 unspecified atom stereocenters. The van der Waals surface area contributed by atoms with Crippen LogP contribution in [0.15, 0.2) is 20.6 Å². The van der Waals surface area contributed by atoms with E-state index in [1.54, 1.807) is 13.8 Å². The number of ether oxygens (including phenoxy) is 2. The van der Waals surface area contributed by atoms with Gasteiger partial charge in [0.05, 0.1) is 14.2 Å². The Bertz CT molecular complexity index is 1010. The van der Waals surface area contributed by atoms with Crippen LogP contribution in [0.5, 0.6) is 0 Å². The van der Waals surface area contributed by atoms with E-state index in [1.807, 2.05) is 0 Å². The molecule has 2 heterocycles. The van der Waals surface area contributed by atoms with Gasteiger partial charge in [-0.1, -0.05) is 0 Å². The van der Waals surface area contributed by atoms with Gasteiger partial charge in [0.15, 0.2) is 0 Å². The molecule has 9 nitrogen and oxygen atoms in total. The highest BCUT2D eigenvalue weighted by atomic mass is 35.7. The molecule has 2 aromatic heterocycles. The Morgan fingerprint density at radius 1 is 0.893 bits per heavy atom. The van der Waals surface area contributed by atoms with Crippen molar-refractivity contribution in [3.05, 3.63) is 33.0 Å². The lowest BCUT2D eigenvalue weighted by atomic mass is 10.3. The number of esters is 2. The average molecular weight is 490 g/mol. The molecule has 0 saturated heterocycles. The molecule has 0 amide bonds. The number of nitrogens with two attached hydrogens (primary N) is 1. The molecule has 0 aliphatic rings. The van der Waals surface area contributed by atoms with Crippen LogP contribution < -0.4 is 5.14 Å². The lowest BCUT2D eigenvalue weighted by Gasteiger charge is -1.93. The average Bonchev–Trinajstić information content (AvgIpc) is 3.16. The Kier molecular flexibility index (Phi) is 8.17. The molecule has 0 saturated carbocycles. The van der Waals surface area contributed by atoms with Crippen molar-refractivity contribution in [2.45, 2.75) is 22.3 Å². The second-order valence-corrected chi connectivity index (χ2v) is 11.8. The number of primary sulfonamides is 1. The van der Waals surface area contributed by atoms with Crippen molar-refractivity contribution >= 4 is 64.4 Å². The molecule has 0 bridgehead atoms. The van der Waals surface area contributed by atoms with Gasteiger partial charge in [0.1, 0.15) is 18.2 Å². The highest BCUT2D eigenvalue weighted by molar-refractivity contribution is 8.15. The van der Waals surface area contributed by atoms with Crippen LogP contribution in [0, 0.1) is 13.8 Å². The molecule has 28 heavy (non-hydrogen) atoms. The van der Waals surface area contributed by atoms with Gasteiger partial charge in [-0.2, -0.15) is 0 Å². The third-order valence-corrected chi connectivity index (χ3v) is 9.22. The summed E-state index contributed by atoms with van der Waals surface area (Å²) in [6.45, 7) is 3.14. The SMILES string of the molecule is COC(=O)c1cc(C)c(S(=O)(=O)Cl)s1.COC(=O)c1cc(C)c(S(N)(=O)=O)s1. The van der Waals surface area contributed by atoms with Crippen LogP contribution in [-0.4, -0.2) is 43.0 Å². The molecule has 14 heteroatoms. The first-order chi connectivity index (χ1) is 12.7. The first-order valence-corrected chi connectivity index (χ1v) is 12.6. The van der Waals surface area contributed by atoms with Crippen molar-refractivity contribution in [3.63, 3.8) is 0 Å². The standard InChI is InChI=1S/C7H7ClO4S2.C7H9NO4S2/c2*1-4-3-5(6(9)12-2)13-7(4)14(8,10)11/h3H,1-2H3;3H,1-2H3,(H2,8,10,11). The Hall–Kier alpha value is -1.51. The van der Waals surface area contributed by atoms with Gasteiger partial charge in [-0.3, -0.25) is 0 Å². The Morgan fingerprint density at radius 2 is 1.25 bits per heavy atom. The summed E-state index contributed by atoms with van der Waals surface area (Å²) < 4.78 is 52.9. The maximum atomic E-state index is 11.1. The van der Waals surface area contributed by atoms with E-state index < -0.39 is 31.0 Å². The predicted octanol–water partition coefficient (Wildman–Crippen LogP) is 2.26. The number of hydrogen-bond donors (Lipinski definition) is 1. The fraction of sp³-hybridized carbons (Fsp3) is 0.286. The van der Waals surface area contributed by atoms with E-state index in [0.717, 1.165) is 22.7 Å². The molecule has 0 aromatic carbocycles. The summed E-state index contributed by atoms with van der Waals surface area (Å²) in [6.07, 6.45) is 0. The summed E-state index contributed by atoms with van der Waals surface area (Å²) in [6, 6.07) is 2.88. The fourth-order valence-corrected chi connectivity index (χ4v) is 6.50.